The Kier molecular flexibility index (Phi) is 108. The largest absolute Gasteiger partial charge is 0 e. The molecule has 24 valence electrons. The monoisotopic (exact) mass is 344 g/mol. The van der Waals surface area contributed by atoms with Gasteiger partial charge in [-0.3, -0.25) is 0 Å². The topological polar surface area (TPSA) is 0 Å². The van der Waals surface area contributed by atoms with Gasteiger partial charge in [-0.25, -0.2) is 0 Å². The van der Waals surface area contributed by atoms with E-state index in [1.54, 1.807) is 0 Å². The normalized spacial score (nSPS) is 0. The zero-order valence-electron chi connectivity index (χ0n) is 1.71. The van der Waals surface area contributed by atoms with Crippen LogP contribution in [0.1, 0.15) is 0 Å². The Hall–Kier alpha value is 3.29. The van der Waals surface area contributed by atoms with Gasteiger partial charge < -0.3 is 0 Å². The summed E-state index contributed by atoms with van der Waals surface area (Å²) in [6.45, 7) is 0. The standard InChI is InChI=1S/Ce.Co.Mn.Zr. The van der Waals surface area contributed by atoms with Crippen LogP contribution in [0.5, 0.6) is 0 Å². The first-order valence-corrected chi connectivity index (χ1v) is 0. The Labute approximate surface area is 99.4 Å². The van der Waals surface area contributed by atoms with E-state index in [1.165, 1.54) is 0 Å². The molecule has 0 aromatic rings. The van der Waals surface area contributed by atoms with Crippen LogP contribution in [-0.4, -0.2) is 0 Å². The Morgan fingerprint density at radius 3 is 1.00 bits per heavy atom. The molecule has 0 aromatic carbocycles. The van der Waals surface area contributed by atoms with E-state index in [4.69, 9.17) is 0 Å². The molecule has 0 rings (SSSR count). The molecule has 4 heteroatoms. The van der Waals surface area contributed by atoms with Crippen molar-refractivity contribution in [3.05, 3.63) is 0 Å². The molecule has 0 amide bonds. The minimum atomic E-state index is 0. The third-order valence-corrected chi connectivity index (χ3v) is 0. The quantitative estimate of drug-likeness (QED) is 0.542. The minimum Gasteiger partial charge on any atom is 0 e. The predicted molar refractivity (Wildman–Crippen MR) is 0 cm³/mol. The van der Waals surface area contributed by atoms with Gasteiger partial charge in [0, 0.05) is 102 Å². The molecular weight excluding hydrogens is 345 g/mol. The smallest absolute Gasteiger partial charge is 0 e. The summed E-state index contributed by atoms with van der Waals surface area (Å²) in [6, 6.07) is 0. The molecular formula is CeCoMnZr. The molecule has 0 atom stereocenters. The molecule has 0 nitrogen and oxygen atoms in total. The summed E-state index contributed by atoms with van der Waals surface area (Å²) >= 11 is 0. The first kappa shape index (κ1) is 26.7. The van der Waals surface area contributed by atoms with Crippen molar-refractivity contribution in [1.82, 2.24) is 0 Å². The van der Waals surface area contributed by atoms with Crippen LogP contribution in [0.25, 0.3) is 0 Å². The van der Waals surface area contributed by atoms with Crippen molar-refractivity contribution in [2.75, 3.05) is 0 Å². The van der Waals surface area contributed by atoms with Crippen molar-refractivity contribution in [1.29, 1.82) is 0 Å². The molecule has 0 N–H and O–H groups in total. The van der Waals surface area contributed by atoms with E-state index in [-0.39, 0.29) is 102 Å². The third-order valence-electron chi connectivity index (χ3n) is 0. The molecule has 0 aliphatic carbocycles. The van der Waals surface area contributed by atoms with Crippen LogP contribution in [0.2, 0.25) is 0 Å². The molecule has 0 heterocycles. The van der Waals surface area contributed by atoms with Gasteiger partial charge in [-0.2, -0.15) is 0 Å². The molecule has 0 bridgehead atoms. The van der Waals surface area contributed by atoms with Crippen LogP contribution in [0.3, 0.4) is 0 Å². The average molecular weight is 345 g/mol. The van der Waals surface area contributed by atoms with Crippen LogP contribution in [0.15, 0.2) is 0 Å². The van der Waals surface area contributed by atoms with E-state index < -0.39 is 0 Å². The molecule has 0 aliphatic rings. The van der Waals surface area contributed by atoms with Gasteiger partial charge in [-0.15, -0.1) is 0 Å². The Bertz CT molecular complexity index is 8.00. The fourth-order valence-electron chi connectivity index (χ4n) is 0. The van der Waals surface area contributed by atoms with Gasteiger partial charge in [0.05, 0.1) is 0 Å². The second-order valence-corrected chi connectivity index (χ2v) is 0. The van der Waals surface area contributed by atoms with Crippen LogP contribution in [0.4, 0.5) is 0 Å². The van der Waals surface area contributed by atoms with Gasteiger partial charge >= 0.3 is 0 Å². The number of rotatable bonds is 0. The van der Waals surface area contributed by atoms with Gasteiger partial charge in [0.25, 0.3) is 0 Å². The van der Waals surface area contributed by atoms with E-state index >= 15 is 0 Å². The maximum Gasteiger partial charge on any atom is 0 e. The van der Waals surface area contributed by atoms with E-state index in [9.17, 15) is 0 Å². The van der Waals surface area contributed by atoms with Crippen molar-refractivity contribution in [2.24, 2.45) is 0 Å². The van der Waals surface area contributed by atoms with Crippen molar-refractivity contribution in [2.45, 2.75) is 0 Å². The van der Waals surface area contributed by atoms with Crippen LogP contribution < -0.4 is 0 Å². The summed E-state index contributed by atoms with van der Waals surface area (Å²) < 4.78 is 0. The van der Waals surface area contributed by atoms with Gasteiger partial charge in [0.15, 0.2) is 0 Å². The molecule has 0 aromatic heterocycles. The summed E-state index contributed by atoms with van der Waals surface area (Å²) in [5, 5.41) is 0. The maximum atomic E-state index is 0. The van der Waals surface area contributed by atoms with Crippen molar-refractivity contribution < 1.29 is 102 Å². The molecule has 0 saturated heterocycles. The van der Waals surface area contributed by atoms with Crippen molar-refractivity contribution in [3.63, 3.8) is 0 Å². The molecule has 0 saturated carbocycles. The molecule has 4 heavy (non-hydrogen) atoms. The van der Waals surface area contributed by atoms with Gasteiger partial charge in [-0.1, -0.05) is 0 Å². The van der Waals surface area contributed by atoms with Gasteiger partial charge in [0.2, 0.25) is 0 Å². The maximum absolute atomic E-state index is 0. The second-order valence-electron chi connectivity index (χ2n) is 0. The summed E-state index contributed by atoms with van der Waals surface area (Å²) in [4.78, 5) is 0. The number of hydrogen-bond acceptors (Lipinski definition) is 0. The molecule has 0 spiro atoms. The fraction of sp³-hybridized carbons (Fsp3) is 0. The SMILES string of the molecule is [Ce].[Co].[Mn].[Zr]. The first-order chi connectivity index (χ1) is 0. The first-order valence-electron chi connectivity index (χ1n) is 0. The average Bonchev–Trinajstić information content (AvgIpc) is 0. The predicted octanol–water partition coefficient (Wildman–Crippen LogP) is -0.00750. The van der Waals surface area contributed by atoms with Crippen LogP contribution in [-0.2, 0) is 60.1 Å². The number of hydrogen-bond donors (Lipinski definition) is 0. The summed E-state index contributed by atoms with van der Waals surface area (Å²) in [6.07, 6.45) is 0. The summed E-state index contributed by atoms with van der Waals surface area (Å²) in [5.74, 6) is 0. The van der Waals surface area contributed by atoms with E-state index in [1.807, 2.05) is 0 Å². The second kappa shape index (κ2) is 16.3. The summed E-state index contributed by atoms with van der Waals surface area (Å²) in [7, 11) is 0. The molecule has 0 fully saturated rings. The van der Waals surface area contributed by atoms with Gasteiger partial charge in [0.1, 0.15) is 0 Å². The Balaban J connectivity index is 0. The fourth-order valence-corrected chi connectivity index (χ4v) is 0. The zero-order valence-corrected chi connectivity index (χ0v) is 9.53. The molecule has 0 unspecified atom stereocenters. The van der Waals surface area contributed by atoms with Gasteiger partial charge in [-0.05, 0) is 0 Å². The Morgan fingerprint density at radius 1 is 1.00 bits per heavy atom. The third kappa shape index (κ3) is 8.99. The van der Waals surface area contributed by atoms with E-state index in [0.717, 1.165) is 0 Å². The van der Waals surface area contributed by atoms with E-state index in [2.05, 4.69) is 0 Å². The Morgan fingerprint density at radius 2 is 1.00 bits per heavy atom. The van der Waals surface area contributed by atoms with Crippen LogP contribution >= 0.6 is 0 Å². The van der Waals surface area contributed by atoms with E-state index in [0.29, 0.717) is 0 Å². The zero-order chi connectivity index (χ0) is 0. The van der Waals surface area contributed by atoms with Crippen molar-refractivity contribution >= 4 is 0 Å². The minimum absolute atomic E-state index is 0. The molecule has 2 radical (unpaired) electrons. The van der Waals surface area contributed by atoms with Crippen LogP contribution in [0, 0.1) is 41.7 Å². The van der Waals surface area contributed by atoms with Crippen molar-refractivity contribution in [3.8, 4) is 0 Å². The summed E-state index contributed by atoms with van der Waals surface area (Å²) in [5.41, 5.74) is 0. The molecule has 0 aliphatic heterocycles.